The molecule has 5 nitrogen and oxygen atoms in total. The lowest BCUT2D eigenvalue weighted by Gasteiger charge is -2.05. The van der Waals surface area contributed by atoms with Gasteiger partial charge < -0.3 is 16.0 Å². The molecule has 1 amide bonds. The molecule has 0 bridgehead atoms. The lowest BCUT2D eigenvalue weighted by molar-refractivity contribution is 0.102. The van der Waals surface area contributed by atoms with Crippen LogP contribution in [0.4, 0.5) is 11.4 Å². The highest BCUT2D eigenvalue weighted by atomic mass is 79.9. The van der Waals surface area contributed by atoms with E-state index in [4.69, 9.17) is 5.73 Å². The Balaban J connectivity index is 1.90. The number of pyridine rings is 1. The monoisotopic (exact) mass is 344 g/mol. The van der Waals surface area contributed by atoms with E-state index in [1.807, 2.05) is 25.1 Å². The third-order valence-corrected chi connectivity index (χ3v) is 4.04. The minimum absolute atomic E-state index is 0.228. The fourth-order valence-electron chi connectivity index (χ4n) is 2.13. The van der Waals surface area contributed by atoms with Crippen LogP contribution < -0.4 is 11.1 Å². The topological polar surface area (TPSA) is 83.8 Å². The highest BCUT2D eigenvalue weighted by molar-refractivity contribution is 9.10. The highest BCUT2D eigenvalue weighted by Crippen LogP contribution is 2.22. The van der Waals surface area contributed by atoms with Gasteiger partial charge in [-0.1, -0.05) is 12.1 Å². The van der Waals surface area contributed by atoms with E-state index >= 15 is 0 Å². The Morgan fingerprint density at radius 3 is 2.90 bits per heavy atom. The van der Waals surface area contributed by atoms with Crippen molar-refractivity contribution in [3.8, 4) is 0 Å². The number of para-hydroxylation sites is 1. The number of rotatable bonds is 2. The molecular formula is C15H13BrN4O. The SMILES string of the molecule is Cc1cc(NC(=O)c2cc3cccc(N)c3[nH]2)cnc1Br. The lowest BCUT2D eigenvalue weighted by atomic mass is 10.2. The van der Waals surface area contributed by atoms with E-state index in [9.17, 15) is 4.79 Å². The number of nitrogen functional groups attached to an aromatic ring is 1. The summed E-state index contributed by atoms with van der Waals surface area (Å²) in [6.45, 7) is 1.91. The molecule has 0 aliphatic rings. The van der Waals surface area contributed by atoms with Crippen molar-refractivity contribution in [3.63, 3.8) is 0 Å². The number of aromatic amines is 1. The molecule has 106 valence electrons. The van der Waals surface area contributed by atoms with Gasteiger partial charge in [-0.05, 0) is 46.6 Å². The van der Waals surface area contributed by atoms with Gasteiger partial charge >= 0.3 is 0 Å². The third-order valence-electron chi connectivity index (χ3n) is 3.21. The predicted molar refractivity (Wildman–Crippen MR) is 87.3 cm³/mol. The second kappa shape index (κ2) is 5.21. The van der Waals surface area contributed by atoms with Crippen LogP contribution in [0.2, 0.25) is 0 Å². The molecule has 6 heteroatoms. The number of nitrogens with one attached hydrogen (secondary N) is 2. The summed E-state index contributed by atoms with van der Waals surface area (Å²) in [5.74, 6) is -0.228. The maximum Gasteiger partial charge on any atom is 0.272 e. The Bertz CT molecular complexity index is 841. The number of nitrogens with two attached hydrogens (primary N) is 1. The molecule has 0 radical (unpaired) electrons. The van der Waals surface area contributed by atoms with Crippen LogP contribution in [0, 0.1) is 6.92 Å². The molecule has 4 N–H and O–H groups in total. The van der Waals surface area contributed by atoms with Gasteiger partial charge in [0.15, 0.2) is 0 Å². The number of carbonyl (C=O) groups excluding carboxylic acids is 1. The summed E-state index contributed by atoms with van der Waals surface area (Å²) in [6, 6.07) is 9.19. The highest BCUT2D eigenvalue weighted by Gasteiger charge is 2.11. The number of halogens is 1. The summed E-state index contributed by atoms with van der Waals surface area (Å²) in [6.07, 6.45) is 1.60. The van der Waals surface area contributed by atoms with Gasteiger partial charge in [-0.15, -0.1) is 0 Å². The minimum atomic E-state index is -0.228. The molecule has 0 saturated carbocycles. The molecule has 2 heterocycles. The average molecular weight is 345 g/mol. The fourth-order valence-corrected chi connectivity index (χ4v) is 2.34. The molecule has 0 spiro atoms. The van der Waals surface area contributed by atoms with Crippen LogP contribution in [0.25, 0.3) is 10.9 Å². The smallest absolute Gasteiger partial charge is 0.272 e. The lowest BCUT2D eigenvalue weighted by Crippen LogP contribution is -2.12. The van der Waals surface area contributed by atoms with Crippen molar-refractivity contribution in [2.75, 3.05) is 11.1 Å². The van der Waals surface area contributed by atoms with Crippen LogP contribution in [0.15, 0.2) is 41.1 Å². The summed E-state index contributed by atoms with van der Waals surface area (Å²) >= 11 is 3.33. The normalized spacial score (nSPS) is 10.8. The van der Waals surface area contributed by atoms with Gasteiger partial charge in [0.1, 0.15) is 10.3 Å². The molecule has 0 aliphatic carbocycles. The van der Waals surface area contributed by atoms with Crippen molar-refractivity contribution < 1.29 is 4.79 Å². The zero-order valence-corrected chi connectivity index (χ0v) is 12.9. The second-order valence-corrected chi connectivity index (χ2v) is 5.53. The predicted octanol–water partition coefficient (Wildman–Crippen LogP) is 3.47. The molecule has 21 heavy (non-hydrogen) atoms. The minimum Gasteiger partial charge on any atom is -0.397 e. The van der Waals surface area contributed by atoms with E-state index in [0.29, 0.717) is 17.1 Å². The quantitative estimate of drug-likeness (QED) is 0.491. The first-order valence-corrected chi connectivity index (χ1v) is 7.14. The largest absolute Gasteiger partial charge is 0.397 e. The molecule has 0 aliphatic heterocycles. The Morgan fingerprint density at radius 1 is 1.38 bits per heavy atom. The summed E-state index contributed by atoms with van der Waals surface area (Å²) in [5.41, 5.74) is 9.33. The van der Waals surface area contributed by atoms with Crippen LogP contribution >= 0.6 is 15.9 Å². The van der Waals surface area contributed by atoms with Gasteiger partial charge in [-0.2, -0.15) is 0 Å². The van der Waals surface area contributed by atoms with E-state index < -0.39 is 0 Å². The van der Waals surface area contributed by atoms with Gasteiger partial charge in [0.25, 0.3) is 5.91 Å². The van der Waals surface area contributed by atoms with E-state index in [-0.39, 0.29) is 5.91 Å². The first-order valence-electron chi connectivity index (χ1n) is 6.35. The van der Waals surface area contributed by atoms with Crippen molar-refractivity contribution >= 4 is 44.1 Å². The number of anilines is 2. The molecule has 1 aromatic carbocycles. The summed E-state index contributed by atoms with van der Waals surface area (Å²) in [5, 5.41) is 3.72. The Hall–Kier alpha value is -2.34. The van der Waals surface area contributed by atoms with Crippen molar-refractivity contribution in [3.05, 3.63) is 52.4 Å². The number of aryl methyl sites for hydroxylation is 1. The van der Waals surface area contributed by atoms with Crippen LogP contribution in [-0.4, -0.2) is 15.9 Å². The van der Waals surface area contributed by atoms with Gasteiger partial charge in [0.05, 0.1) is 23.1 Å². The Labute approximate surface area is 129 Å². The van der Waals surface area contributed by atoms with E-state index in [1.54, 1.807) is 18.3 Å². The molecular weight excluding hydrogens is 332 g/mol. The molecule has 2 aromatic heterocycles. The van der Waals surface area contributed by atoms with Crippen molar-refractivity contribution in [1.82, 2.24) is 9.97 Å². The Morgan fingerprint density at radius 2 is 2.19 bits per heavy atom. The summed E-state index contributed by atoms with van der Waals surface area (Å²) < 4.78 is 0.763. The number of H-pyrrole nitrogens is 1. The molecule has 0 fully saturated rings. The fraction of sp³-hybridized carbons (Fsp3) is 0.0667. The number of hydrogen-bond donors (Lipinski definition) is 3. The van der Waals surface area contributed by atoms with Crippen molar-refractivity contribution in [2.45, 2.75) is 6.92 Å². The summed E-state index contributed by atoms with van der Waals surface area (Å²) in [4.78, 5) is 19.5. The van der Waals surface area contributed by atoms with E-state index in [0.717, 1.165) is 21.1 Å². The first-order chi connectivity index (χ1) is 10.0. The van der Waals surface area contributed by atoms with E-state index in [1.165, 1.54) is 0 Å². The van der Waals surface area contributed by atoms with Gasteiger partial charge in [-0.25, -0.2) is 4.98 Å². The van der Waals surface area contributed by atoms with Crippen molar-refractivity contribution in [2.24, 2.45) is 0 Å². The van der Waals surface area contributed by atoms with Crippen LogP contribution in [0.3, 0.4) is 0 Å². The standard InChI is InChI=1S/C15H13BrN4O/c1-8-5-10(7-18-14(8)16)19-15(21)12-6-9-3-2-4-11(17)13(9)20-12/h2-7,20H,17H2,1H3,(H,19,21). The number of benzene rings is 1. The maximum atomic E-state index is 12.3. The number of aromatic nitrogens is 2. The summed E-state index contributed by atoms with van der Waals surface area (Å²) in [7, 11) is 0. The van der Waals surface area contributed by atoms with Crippen LogP contribution in [0.5, 0.6) is 0 Å². The molecule has 0 unspecified atom stereocenters. The van der Waals surface area contributed by atoms with Crippen LogP contribution in [-0.2, 0) is 0 Å². The molecule has 0 atom stereocenters. The number of fused-ring (bicyclic) bond motifs is 1. The van der Waals surface area contributed by atoms with Crippen molar-refractivity contribution in [1.29, 1.82) is 0 Å². The number of hydrogen-bond acceptors (Lipinski definition) is 3. The average Bonchev–Trinajstić information content (AvgIpc) is 2.89. The van der Waals surface area contributed by atoms with Gasteiger partial charge in [0.2, 0.25) is 0 Å². The number of carbonyl (C=O) groups is 1. The zero-order chi connectivity index (χ0) is 15.0. The van der Waals surface area contributed by atoms with Gasteiger partial charge in [-0.3, -0.25) is 4.79 Å². The second-order valence-electron chi connectivity index (χ2n) is 4.78. The van der Waals surface area contributed by atoms with E-state index in [2.05, 4.69) is 31.2 Å². The maximum absolute atomic E-state index is 12.3. The number of amides is 1. The van der Waals surface area contributed by atoms with Gasteiger partial charge in [0, 0.05) is 5.39 Å². The Kier molecular flexibility index (Phi) is 3.39. The third kappa shape index (κ3) is 2.62. The zero-order valence-electron chi connectivity index (χ0n) is 11.3. The molecule has 3 aromatic rings. The molecule has 0 saturated heterocycles. The van der Waals surface area contributed by atoms with Crippen LogP contribution in [0.1, 0.15) is 16.1 Å². The first kappa shape index (κ1) is 13.6. The number of nitrogens with zero attached hydrogens (tertiary/aromatic N) is 1. The molecule has 3 rings (SSSR count).